The fourth-order valence-electron chi connectivity index (χ4n) is 4.49. The number of morpholine rings is 1. The molecule has 2 N–H and O–H groups in total. The molecule has 2 aliphatic heterocycles. The van der Waals surface area contributed by atoms with Crippen LogP contribution >= 0.6 is 0 Å². The second-order valence-electron chi connectivity index (χ2n) is 7.61. The fourth-order valence-corrected chi connectivity index (χ4v) is 4.49. The van der Waals surface area contributed by atoms with Crippen LogP contribution in [0.25, 0.3) is 0 Å². The van der Waals surface area contributed by atoms with Gasteiger partial charge in [-0.15, -0.1) is 0 Å². The molecular weight excluding hydrogens is 288 g/mol. The summed E-state index contributed by atoms with van der Waals surface area (Å²) in [7, 11) is 1.86. The maximum absolute atomic E-state index is 6.02. The quantitative estimate of drug-likeness (QED) is 0.600. The predicted octanol–water partition coefficient (Wildman–Crippen LogP) is 1.98. The lowest BCUT2D eigenvalue weighted by Crippen LogP contribution is -2.52. The van der Waals surface area contributed by atoms with Gasteiger partial charge < -0.3 is 15.4 Å². The summed E-state index contributed by atoms with van der Waals surface area (Å²) >= 11 is 0. The van der Waals surface area contributed by atoms with Crippen molar-refractivity contribution in [1.29, 1.82) is 0 Å². The van der Waals surface area contributed by atoms with Crippen LogP contribution in [-0.2, 0) is 4.74 Å². The van der Waals surface area contributed by atoms with E-state index >= 15 is 0 Å². The molecule has 132 valence electrons. The van der Waals surface area contributed by atoms with E-state index in [9.17, 15) is 0 Å². The Balaban J connectivity index is 1.41. The molecule has 1 saturated carbocycles. The zero-order valence-corrected chi connectivity index (χ0v) is 14.9. The highest BCUT2D eigenvalue weighted by Crippen LogP contribution is 2.40. The summed E-state index contributed by atoms with van der Waals surface area (Å²) in [5.74, 6) is 0.928. The molecular formula is C18H34N4O. The topological polar surface area (TPSA) is 48.9 Å². The Morgan fingerprint density at radius 2 is 2.09 bits per heavy atom. The minimum absolute atomic E-state index is 0.287. The van der Waals surface area contributed by atoms with Gasteiger partial charge in [-0.2, -0.15) is 0 Å². The first-order chi connectivity index (χ1) is 11.2. The fraction of sp³-hybridized carbons (Fsp3) is 0.944. The maximum Gasteiger partial charge on any atom is 0.191 e. The molecule has 5 nitrogen and oxygen atoms in total. The highest BCUT2D eigenvalue weighted by molar-refractivity contribution is 5.79. The number of rotatable bonds is 5. The van der Waals surface area contributed by atoms with E-state index in [-0.39, 0.29) is 6.10 Å². The van der Waals surface area contributed by atoms with Gasteiger partial charge in [0.15, 0.2) is 5.96 Å². The third kappa shape index (κ3) is 4.18. The molecule has 0 radical (unpaired) electrons. The first kappa shape index (κ1) is 17.0. The Hall–Kier alpha value is -0.810. The minimum atomic E-state index is 0.287. The molecule has 0 bridgehead atoms. The molecule has 2 saturated heterocycles. The molecule has 3 rings (SSSR count). The average molecular weight is 322 g/mol. The van der Waals surface area contributed by atoms with Crippen LogP contribution in [0, 0.1) is 5.41 Å². The number of aliphatic imine (C=N–C) groups is 1. The minimum Gasteiger partial charge on any atom is -0.373 e. The van der Waals surface area contributed by atoms with E-state index in [0.29, 0.717) is 11.5 Å². The first-order valence-corrected chi connectivity index (χ1v) is 9.55. The Bertz CT molecular complexity index is 406. The third-order valence-electron chi connectivity index (χ3n) is 6.23. The summed E-state index contributed by atoms with van der Waals surface area (Å²) in [6.45, 7) is 7.43. The Morgan fingerprint density at radius 1 is 1.26 bits per heavy atom. The monoisotopic (exact) mass is 322 g/mol. The van der Waals surface area contributed by atoms with Crippen LogP contribution in [0.5, 0.6) is 0 Å². The highest BCUT2D eigenvalue weighted by atomic mass is 16.5. The van der Waals surface area contributed by atoms with Crippen molar-refractivity contribution in [2.45, 2.75) is 64.0 Å². The largest absolute Gasteiger partial charge is 0.373 e. The Morgan fingerprint density at radius 3 is 2.83 bits per heavy atom. The lowest BCUT2D eigenvalue weighted by atomic mass is 9.83. The van der Waals surface area contributed by atoms with Gasteiger partial charge in [-0.25, -0.2) is 0 Å². The molecule has 2 heterocycles. The van der Waals surface area contributed by atoms with Gasteiger partial charge >= 0.3 is 0 Å². The number of nitrogens with zero attached hydrogens (tertiary/aromatic N) is 2. The van der Waals surface area contributed by atoms with Gasteiger partial charge in [0.1, 0.15) is 0 Å². The summed E-state index contributed by atoms with van der Waals surface area (Å²) in [6.07, 6.45) is 9.67. The van der Waals surface area contributed by atoms with Crippen LogP contribution in [0.15, 0.2) is 4.99 Å². The van der Waals surface area contributed by atoms with Crippen LogP contribution in [-0.4, -0.2) is 62.8 Å². The van der Waals surface area contributed by atoms with Crippen molar-refractivity contribution in [2.75, 3.05) is 39.8 Å². The summed E-state index contributed by atoms with van der Waals surface area (Å²) in [5, 5.41) is 7.03. The zero-order chi connectivity index (χ0) is 16.1. The zero-order valence-electron chi connectivity index (χ0n) is 14.9. The van der Waals surface area contributed by atoms with Crippen molar-refractivity contribution in [3.05, 3.63) is 0 Å². The number of fused-ring (bicyclic) bond motifs is 1. The normalized spacial score (nSPS) is 31.1. The van der Waals surface area contributed by atoms with Crippen LogP contribution < -0.4 is 10.6 Å². The van der Waals surface area contributed by atoms with Crippen molar-refractivity contribution in [1.82, 2.24) is 15.5 Å². The lowest BCUT2D eigenvalue weighted by Gasteiger charge is -2.35. The number of hydrogen-bond donors (Lipinski definition) is 2. The van der Waals surface area contributed by atoms with Crippen LogP contribution in [0.3, 0.4) is 0 Å². The van der Waals surface area contributed by atoms with Gasteiger partial charge in [-0.05, 0) is 44.1 Å². The van der Waals surface area contributed by atoms with Gasteiger partial charge in [0, 0.05) is 32.7 Å². The molecule has 0 aromatic heterocycles. The molecule has 0 amide bonds. The van der Waals surface area contributed by atoms with Gasteiger partial charge in [0.2, 0.25) is 0 Å². The van der Waals surface area contributed by atoms with E-state index in [1.807, 2.05) is 7.05 Å². The molecule has 0 aromatic carbocycles. The summed E-state index contributed by atoms with van der Waals surface area (Å²) < 4.78 is 6.02. The lowest BCUT2D eigenvalue weighted by molar-refractivity contribution is -0.0453. The van der Waals surface area contributed by atoms with Gasteiger partial charge in [-0.1, -0.05) is 19.8 Å². The molecule has 0 spiro atoms. The van der Waals surface area contributed by atoms with E-state index in [1.54, 1.807) is 0 Å². The first-order valence-electron chi connectivity index (χ1n) is 9.55. The SMILES string of the molecule is CCC1(CNC(=NC)NCC2CN3CCCC3CO2)CCCC1. The van der Waals surface area contributed by atoms with Crippen LogP contribution in [0.2, 0.25) is 0 Å². The standard InChI is InChI=1S/C18H34N4O/c1-3-18(8-4-5-9-18)14-21-17(19-2)20-11-16-12-22-10-6-7-15(22)13-23-16/h15-16H,3-14H2,1-2H3,(H2,19,20,21). The predicted molar refractivity (Wildman–Crippen MR) is 94.9 cm³/mol. The van der Waals surface area contributed by atoms with Crippen molar-refractivity contribution < 1.29 is 4.74 Å². The molecule has 5 heteroatoms. The van der Waals surface area contributed by atoms with E-state index in [1.165, 1.54) is 51.5 Å². The highest BCUT2D eigenvalue weighted by Gasteiger charge is 2.33. The molecule has 2 unspecified atom stereocenters. The molecule has 3 fully saturated rings. The second-order valence-corrected chi connectivity index (χ2v) is 7.61. The molecule has 1 aliphatic carbocycles. The van der Waals surface area contributed by atoms with E-state index < -0.39 is 0 Å². The van der Waals surface area contributed by atoms with E-state index in [2.05, 4.69) is 27.4 Å². The average Bonchev–Trinajstić information content (AvgIpc) is 3.24. The van der Waals surface area contributed by atoms with E-state index in [0.717, 1.165) is 32.2 Å². The third-order valence-corrected chi connectivity index (χ3v) is 6.23. The van der Waals surface area contributed by atoms with Crippen molar-refractivity contribution in [3.63, 3.8) is 0 Å². The molecule has 23 heavy (non-hydrogen) atoms. The molecule has 3 aliphatic rings. The summed E-state index contributed by atoms with van der Waals surface area (Å²) in [5.41, 5.74) is 0.488. The van der Waals surface area contributed by atoms with E-state index in [4.69, 9.17) is 4.74 Å². The number of nitrogens with one attached hydrogen (secondary N) is 2. The Kier molecular flexibility index (Phi) is 5.81. The van der Waals surface area contributed by atoms with Crippen LogP contribution in [0.4, 0.5) is 0 Å². The van der Waals surface area contributed by atoms with Gasteiger partial charge in [0.05, 0.1) is 12.7 Å². The summed E-state index contributed by atoms with van der Waals surface area (Å²) in [6, 6.07) is 0.676. The van der Waals surface area contributed by atoms with Gasteiger partial charge in [0.25, 0.3) is 0 Å². The molecule has 2 atom stereocenters. The second kappa shape index (κ2) is 7.84. The Labute approximate surface area is 141 Å². The number of hydrogen-bond acceptors (Lipinski definition) is 3. The van der Waals surface area contributed by atoms with Crippen molar-refractivity contribution in [3.8, 4) is 0 Å². The van der Waals surface area contributed by atoms with Gasteiger partial charge in [-0.3, -0.25) is 9.89 Å². The number of ether oxygens (including phenoxy) is 1. The molecule has 0 aromatic rings. The smallest absolute Gasteiger partial charge is 0.191 e. The number of guanidine groups is 1. The van der Waals surface area contributed by atoms with Crippen LogP contribution in [0.1, 0.15) is 51.9 Å². The van der Waals surface area contributed by atoms with Crippen molar-refractivity contribution >= 4 is 5.96 Å². The van der Waals surface area contributed by atoms with Crippen molar-refractivity contribution in [2.24, 2.45) is 10.4 Å². The summed E-state index contributed by atoms with van der Waals surface area (Å²) in [4.78, 5) is 6.98. The maximum atomic E-state index is 6.02.